The number of nitrogens with one attached hydrogen (secondary N) is 3. The number of H-pyrrole nitrogens is 1. The van der Waals surface area contributed by atoms with Gasteiger partial charge in [0.2, 0.25) is 5.91 Å². The van der Waals surface area contributed by atoms with Gasteiger partial charge in [0.05, 0.1) is 20.9 Å². The first-order chi connectivity index (χ1) is 11.6. The predicted octanol–water partition coefficient (Wildman–Crippen LogP) is 2.95. The van der Waals surface area contributed by atoms with E-state index in [2.05, 4.69) is 20.6 Å². The van der Waals surface area contributed by atoms with Gasteiger partial charge in [-0.2, -0.15) is 0 Å². The lowest BCUT2D eigenvalue weighted by Crippen LogP contribution is -2.23. The summed E-state index contributed by atoms with van der Waals surface area (Å²) in [7, 11) is 0. The van der Waals surface area contributed by atoms with Gasteiger partial charge in [-0.3, -0.25) is 9.59 Å². The molecule has 0 bridgehead atoms. The molecule has 0 spiro atoms. The molecule has 3 aromatic rings. The summed E-state index contributed by atoms with van der Waals surface area (Å²) >= 11 is 1.26. The molecule has 124 valence electrons. The Hall–Kier alpha value is -2.67. The number of aromatic nitrogens is 2. The first kappa shape index (κ1) is 16.2. The molecule has 1 aromatic carbocycles. The average molecular weight is 342 g/mol. The molecule has 2 aromatic heterocycles. The van der Waals surface area contributed by atoms with E-state index in [0.717, 1.165) is 29.7 Å². The monoisotopic (exact) mass is 342 g/mol. The number of anilines is 1. The Balaban J connectivity index is 1.46. The van der Waals surface area contributed by atoms with Crippen LogP contribution in [0.5, 0.6) is 0 Å². The fraction of sp³-hybridized carbons (Fsp3) is 0.235. The van der Waals surface area contributed by atoms with Crippen molar-refractivity contribution in [1.29, 1.82) is 0 Å². The molecule has 0 fully saturated rings. The van der Waals surface area contributed by atoms with Crippen molar-refractivity contribution >= 4 is 39.2 Å². The van der Waals surface area contributed by atoms with Crippen LogP contribution in [-0.4, -0.2) is 28.3 Å². The summed E-state index contributed by atoms with van der Waals surface area (Å²) in [5.41, 5.74) is 1.99. The highest BCUT2D eigenvalue weighted by atomic mass is 32.1. The number of aromatic amines is 1. The zero-order valence-electron chi connectivity index (χ0n) is 13.3. The van der Waals surface area contributed by atoms with Crippen LogP contribution < -0.4 is 10.6 Å². The molecule has 3 N–H and O–H groups in total. The van der Waals surface area contributed by atoms with Crippen LogP contribution in [0, 0.1) is 0 Å². The van der Waals surface area contributed by atoms with Crippen molar-refractivity contribution in [2.75, 3.05) is 11.9 Å². The Labute approximate surface area is 143 Å². The summed E-state index contributed by atoms with van der Waals surface area (Å²) in [5.74, 6) is 0.658. The number of benzene rings is 1. The predicted molar refractivity (Wildman–Crippen MR) is 95.4 cm³/mol. The summed E-state index contributed by atoms with van der Waals surface area (Å²) in [4.78, 5) is 31.4. The molecular weight excluding hydrogens is 324 g/mol. The Morgan fingerprint density at radius 3 is 2.83 bits per heavy atom. The first-order valence-corrected chi connectivity index (χ1v) is 8.53. The molecular formula is C17H18N4O2S. The SMILES string of the molecule is CC(=O)Nc1ccc(C(=O)NCCCc2nc3ccccc3[nH]2)s1. The summed E-state index contributed by atoms with van der Waals surface area (Å²) in [6, 6.07) is 11.3. The van der Waals surface area contributed by atoms with Crippen LogP contribution in [0.4, 0.5) is 5.00 Å². The van der Waals surface area contributed by atoms with E-state index in [-0.39, 0.29) is 11.8 Å². The van der Waals surface area contributed by atoms with Crippen LogP contribution in [0.2, 0.25) is 0 Å². The Kier molecular flexibility index (Phi) is 4.90. The first-order valence-electron chi connectivity index (χ1n) is 7.71. The topological polar surface area (TPSA) is 86.9 Å². The number of carbonyl (C=O) groups excluding carboxylic acids is 2. The van der Waals surface area contributed by atoms with Crippen molar-refractivity contribution in [3.05, 3.63) is 47.1 Å². The molecule has 0 aliphatic carbocycles. The highest BCUT2D eigenvalue weighted by Gasteiger charge is 2.09. The minimum absolute atomic E-state index is 0.124. The van der Waals surface area contributed by atoms with Crippen molar-refractivity contribution in [2.45, 2.75) is 19.8 Å². The average Bonchev–Trinajstić information content (AvgIpc) is 3.17. The minimum atomic E-state index is -0.144. The van der Waals surface area contributed by atoms with Crippen LogP contribution in [0.1, 0.15) is 28.8 Å². The molecule has 0 atom stereocenters. The summed E-state index contributed by atoms with van der Waals surface area (Å²) < 4.78 is 0. The molecule has 0 saturated heterocycles. The van der Waals surface area contributed by atoms with E-state index in [4.69, 9.17) is 0 Å². The zero-order chi connectivity index (χ0) is 16.9. The molecule has 0 aliphatic rings. The highest BCUT2D eigenvalue weighted by molar-refractivity contribution is 7.18. The van der Waals surface area contributed by atoms with E-state index in [1.807, 2.05) is 24.3 Å². The van der Waals surface area contributed by atoms with E-state index in [9.17, 15) is 9.59 Å². The van der Waals surface area contributed by atoms with Crippen LogP contribution >= 0.6 is 11.3 Å². The maximum absolute atomic E-state index is 12.1. The second-order valence-corrected chi connectivity index (χ2v) is 6.49. The van der Waals surface area contributed by atoms with E-state index in [1.54, 1.807) is 12.1 Å². The number of rotatable bonds is 6. The highest BCUT2D eigenvalue weighted by Crippen LogP contribution is 2.21. The van der Waals surface area contributed by atoms with Gasteiger partial charge in [-0.25, -0.2) is 4.98 Å². The molecule has 0 unspecified atom stereocenters. The second-order valence-electron chi connectivity index (χ2n) is 5.41. The zero-order valence-corrected chi connectivity index (χ0v) is 14.1. The quantitative estimate of drug-likeness (QED) is 0.602. The Morgan fingerprint density at radius 1 is 1.21 bits per heavy atom. The molecule has 6 nitrogen and oxygen atoms in total. The number of fused-ring (bicyclic) bond motifs is 1. The van der Waals surface area contributed by atoms with Gasteiger partial charge in [-0.15, -0.1) is 11.3 Å². The normalized spacial score (nSPS) is 10.7. The van der Waals surface area contributed by atoms with Crippen LogP contribution in [0.3, 0.4) is 0 Å². The number of hydrogen-bond donors (Lipinski definition) is 3. The largest absolute Gasteiger partial charge is 0.351 e. The molecule has 3 rings (SSSR count). The fourth-order valence-electron chi connectivity index (χ4n) is 2.37. The van der Waals surface area contributed by atoms with Crippen molar-refractivity contribution < 1.29 is 9.59 Å². The van der Waals surface area contributed by atoms with Crippen molar-refractivity contribution in [2.24, 2.45) is 0 Å². The van der Waals surface area contributed by atoms with Gasteiger partial charge in [0.15, 0.2) is 0 Å². The number of hydrogen-bond acceptors (Lipinski definition) is 4. The van der Waals surface area contributed by atoms with E-state index >= 15 is 0 Å². The third-order valence-electron chi connectivity index (χ3n) is 3.44. The van der Waals surface area contributed by atoms with Crippen LogP contribution in [0.25, 0.3) is 11.0 Å². The van der Waals surface area contributed by atoms with Gasteiger partial charge in [0.1, 0.15) is 5.82 Å². The molecule has 2 heterocycles. The lowest BCUT2D eigenvalue weighted by molar-refractivity contribution is -0.114. The third kappa shape index (κ3) is 3.99. The summed E-state index contributed by atoms with van der Waals surface area (Å²) in [5, 5.41) is 6.23. The van der Waals surface area contributed by atoms with Gasteiger partial charge in [-0.1, -0.05) is 12.1 Å². The lowest BCUT2D eigenvalue weighted by atomic mass is 10.3. The number of para-hydroxylation sites is 2. The number of amides is 2. The maximum atomic E-state index is 12.1. The number of imidazole rings is 1. The van der Waals surface area contributed by atoms with Gasteiger partial charge in [0.25, 0.3) is 5.91 Å². The molecule has 0 radical (unpaired) electrons. The Bertz CT molecular complexity index is 835. The van der Waals surface area contributed by atoms with E-state index < -0.39 is 0 Å². The van der Waals surface area contributed by atoms with Gasteiger partial charge < -0.3 is 15.6 Å². The smallest absolute Gasteiger partial charge is 0.261 e. The lowest BCUT2D eigenvalue weighted by Gasteiger charge is -2.02. The van der Waals surface area contributed by atoms with Crippen LogP contribution in [-0.2, 0) is 11.2 Å². The number of carbonyl (C=O) groups is 2. The van der Waals surface area contributed by atoms with Gasteiger partial charge >= 0.3 is 0 Å². The van der Waals surface area contributed by atoms with Crippen molar-refractivity contribution in [3.63, 3.8) is 0 Å². The van der Waals surface area contributed by atoms with Crippen molar-refractivity contribution in [3.8, 4) is 0 Å². The molecule has 7 heteroatoms. The minimum Gasteiger partial charge on any atom is -0.351 e. The van der Waals surface area contributed by atoms with E-state index in [0.29, 0.717) is 16.4 Å². The summed E-state index contributed by atoms with van der Waals surface area (Å²) in [6.07, 6.45) is 1.58. The van der Waals surface area contributed by atoms with Crippen LogP contribution in [0.15, 0.2) is 36.4 Å². The number of thiophene rings is 1. The number of aryl methyl sites for hydroxylation is 1. The maximum Gasteiger partial charge on any atom is 0.261 e. The fourth-order valence-corrected chi connectivity index (χ4v) is 3.24. The second kappa shape index (κ2) is 7.27. The molecule has 2 amide bonds. The van der Waals surface area contributed by atoms with E-state index in [1.165, 1.54) is 18.3 Å². The Morgan fingerprint density at radius 2 is 2.04 bits per heavy atom. The standard InChI is InChI=1S/C17H18N4O2S/c1-11(22)19-16-9-8-14(24-16)17(23)18-10-4-7-15-20-12-5-2-3-6-13(12)21-15/h2-3,5-6,8-9H,4,7,10H2,1H3,(H,18,23)(H,19,22)(H,20,21). The summed E-state index contributed by atoms with van der Waals surface area (Å²) in [6.45, 7) is 2.01. The van der Waals surface area contributed by atoms with Gasteiger partial charge in [-0.05, 0) is 30.7 Å². The number of nitrogens with zero attached hydrogens (tertiary/aromatic N) is 1. The molecule has 24 heavy (non-hydrogen) atoms. The third-order valence-corrected chi connectivity index (χ3v) is 4.44. The molecule has 0 saturated carbocycles. The molecule has 0 aliphatic heterocycles. The van der Waals surface area contributed by atoms with Gasteiger partial charge in [0, 0.05) is 19.9 Å². The van der Waals surface area contributed by atoms with Crippen molar-refractivity contribution in [1.82, 2.24) is 15.3 Å².